The van der Waals surface area contributed by atoms with Gasteiger partial charge in [0.2, 0.25) is 0 Å². The van der Waals surface area contributed by atoms with E-state index in [2.05, 4.69) is 19.8 Å². The molecule has 6 atom stereocenters. The van der Waals surface area contributed by atoms with Crippen LogP contribution in [-0.2, 0) is 9.59 Å². The van der Waals surface area contributed by atoms with Crippen molar-refractivity contribution in [1.29, 1.82) is 0 Å². The molecular weight excluding hydrogens is 296 g/mol. The van der Waals surface area contributed by atoms with E-state index in [1.807, 2.05) is 6.08 Å². The Bertz CT molecular complexity index is 666. The summed E-state index contributed by atoms with van der Waals surface area (Å²) in [7, 11) is 0. The lowest BCUT2D eigenvalue weighted by molar-refractivity contribution is -0.133. The number of hydrogen-bond acceptors (Lipinski definition) is 2. The molecule has 4 rings (SSSR count). The van der Waals surface area contributed by atoms with Crippen LogP contribution in [0.4, 0.5) is 0 Å². The molecule has 128 valence electrons. The zero-order valence-corrected chi connectivity index (χ0v) is 14.9. The van der Waals surface area contributed by atoms with Crippen LogP contribution < -0.4 is 0 Å². The molecule has 0 aromatic heterocycles. The summed E-state index contributed by atoms with van der Waals surface area (Å²) < 4.78 is 0. The number of rotatable bonds is 1. The molecule has 4 aliphatic rings. The molecule has 0 aliphatic heterocycles. The molecule has 0 spiro atoms. The number of Topliss-reactive ketones (excluding diaryl/α,β-unsaturated/α-hetero) is 1. The summed E-state index contributed by atoms with van der Waals surface area (Å²) in [5.41, 5.74) is 1.36. The van der Waals surface area contributed by atoms with Crippen LogP contribution in [-0.4, -0.2) is 11.6 Å². The van der Waals surface area contributed by atoms with Crippen LogP contribution >= 0.6 is 0 Å². The van der Waals surface area contributed by atoms with E-state index < -0.39 is 0 Å². The Balaban J connectivity index is 1.76. The Hall–Kier alpha value is -1.36. The largest absolute Gasteiger partial charge is 0.299 e. The van der Waals surface area contributed by atoms with Crippen molar-refractivity contribution in [3.8, 4) is 12.3 Å². The number of carbonyl (C=O) groups is 2. The molecule has 2 nitrogen and oxygen atoms in total. The maximum absolute atomic E-state index is 12.5. The Morgan fingerprint density at radius 2 is 1.88 bits per heavy atom. The van der Waals surface area contributed by atoms with E-state index in [1.54, 1.807) is 0 Å². The topological polar surface area (TPSA) is 34.1 Å². The van der Waals surface area contributed by atoms with E-state index in [-0.39, 0.29) is 16.6 Å². The Morgan fingerprint density at radius 1 is 1.12 bits per heavy atom. The average molecular weight is 324 g/mol. The lowest BCUT2D eigenvalue weighted by Gasteiger charge is -2.58. The molecule has 0 aromatic rings. The van der Waals surface area contributed by atoms with Gasteiger partial charge in [0.25, 0.3) is 0 Å². The van der Waals surface area contributed by atoms with Gasteiger partial charge in [0, 0.05) is 24.7 Å². The maximum atomic E-state index is 12.5. The highest BCUT2D eigenvalue weighted by Crippen LogP contribution is 2.65. The molecule has 0 radical (unpaired) electrons. The molecule has 24 heavy (non-hydrogen) atoms. The third-order valence-corrected chi connectivity index (χ3v) is 8.19. The van der Waals surface area contributed by atoms with E-state index in [0.29, 0.717) is 35.9 Å². The first-order valence-electron chi connectivity index (χ1n) is 9.62. The van der Waals surface area contributed by atoms with Crippen molar-refractivity contribution in [2.24, 2.45) is 34.5 Å². The van der Waals surface area contributed by atoms with Gasteiger partial charge in [-0.25, -0.2) is 0 Å². The molecular formula is C22H28O2. The number of hydrogen-bond donors (Lipinski definition) is 0. The van der Waals surface area contributed by atoms with E-state index in [9.17, 15) is 9.59 Å². The number of terminal acetylenes is 1. The minimum Gasteiger partial charge on any atom is -0.299 e. The first-order chi connectivity index (χ1) is 11.4. The van der Waals surface area contributed by atoms with Crippen molar-refractivity contribution in [2.45, 2.75) is 65.2 Å². The van der Waals surface area contributed by atoms with Gasteiger partial charge in [-0.1, -0.05) is 19.4 Å². The van der Waals surface area contributed by atoms with Crippen LogP contribution in [0, 0.1) is 46.8 Å². The fraction of sp³-hybridized carbons (Fsp3) is 0.727. The normalized spacial score (nSPS) is 47.3. The molecule has 2 heteroatoms. The predicted molar refractivity (Wildman–Crippen MR) is 94.0 cm³/mol. The van der Waals surface area contributed by atoms with Crippen LogP contribution in [0.1, 0.15) is 65.2 Å². The molecule has 0 N–H and O–H groups in total. The van der Waals surface area contributed by atoms with Crippen LogP contribution in [0.2, 0.25) is 0 Å². The SMILES string of the molecule is C#CC[C@H]1C[C@@H]2[C@H](CC[C@]3(C)C(=O)CC[C@@H]23)[C@@]2(C)CCC(=O)C=C12. The predicted octanol–water partition coefficient (Wildman–Crippen LogP) is 4.34. The maximum Gasteiger partial charge on any atom is 0.155 e. The van der Waals surface area contributed by atoms with Crippen LogP contribution in [0.25, 0.3) is 0 Å². The first kappa shape index (κ1) is 16.1. The summed E-state index contributed by atoms with van der Waals surface area (Å²) >= 11 is 0. The van der Waals surface area contributed by atoms with Crippen molar-refractivity contribution >= 4 is 11.6 Å². The fourth-order valence-electron chi connectivity index (χ4n) is 6.89. The number of fused-ring (bicyclic) bond motifs is 5. The fourth-order valence-corrected chi connectivity index (χ4v) is 6.89. The van der Waals surface area contributed by atoms with E-state index >= 15 is 0 Å². The van der Waals surface area contributed by atoms with Gasteiger partial charge in [0.15, 0.2) is 5.78 Å². The van der Waals surface area contributed by atoms with Gasteiger partial charge in [-0.15, -0.1) is 12.3 Å². The summed E-state index contributed by atoms with van der Waals surface area (Å²) in [5, 5.41) is 0. The van der Waals surface area contributed by atoms with Gasteiger partial charge in [-0.3, -0.25) is 9.59 Å². The van der Waals surface area contributed by atoms with Crippen LogP contribution in [0.3, 0.4) is 0 Å². The summed E-state index contributed by atoms with van der Waals surface area (Å²) in [6, 6.07) is 0. The van der Waals surface area contributed by atoms with Gasteiger partial charge in [0.1, 0.15) is 5.78 Å². The van der Waals surface area contributed by atoms with Crippen LogP contribution in [0.15, 0.2) is 11.6 Å². The smallest absolute Gasteiger partial charge is 0.155 e. The standard InChI is InChI=1S/C22H28O2/c1-4-5-14-12-16-17-6-7-20(24)22(17,3)11-9-18(16)21(2)10-8-15(23)13-19(14)21/h1,13-14,16-18H,5-12H2,2-3H3/t14-,16-,17-,18-,21+,22-/m0/s1. The molecule has 0 saturated heterocycles. The molecule has 3 fully saturated rings. The van der Waals surface area contributed by atoms with Gasteiger partial charge in [-0.05, 0) is 67.3 Å². The number of ketones is 2. The zero-order valence-electron chi connectivity index (χ0n) is 14.9. The molecule has 3 saturated carbocycles. The quantitative estimate of drug-likeness (QED) is 0.673. The second-order valence-electron chi connectivity index (χ2n) is 9.12. The van der Waals surface area contributed by atoms with Crippen molar-refractivity contribution < 1.29 is 9.59 Å². The summed E-state index contributed by atoms with van der Waals surface area (Å²) in [6.07, 6.45) is 15.1. The third-order valence-electron chi connectivity index (χ3n) is 8.19. The third kappa shape index (κ3) is 2.03. The van der Waals surface area contributed by atoms with E-state index in [1.165, 1.54) is 5.57 Å². The minimum absolute atomic E-state index is 0.0933. The van der Waals surface area contributed by atoms with Crippen molar-refractivity contribution in [3.05, 3.63) is 11.6 Å². The molecule has 0 unspecified atom stereocenters. The molecule has 0 aromatic carbocycles. The minimum atomic E-state index is -0.0933. The molecule has 0 amide bonds. The number of allylic oxidation sites excluding steroid dienone is 1. The highest BCUT2D eigenvalue weighted by Gasteiger charge is 2.60. The lowest BCUT2D eigenvalue weighted by Crippen LogP contribution is -2.52. The van der Waals surface area contributed by atoms with Gasteiger partial charge in [-0.2, -0.15) is 0 Å². The van der Waals surface area contributed by atoms with Crippen molar-refractivity contribution in [1.82, 2.24) is 0 Å². The molecule has 0 heterocycles. The van der Waals surface area contributed by atoms with Crippen molar-refractivity contribution in [3.63, 3.8) is 0 Å². The second kappa shape index (κ2) is 5.32. The first-order valence-corrected chi connectivity index (χ1v) is 9.62. The Kier molecular flexibility index (Phi) is 3.57. The molecule has 0 bridgehead atoms. The Morgan fingerprint density at radius 3 is 2.62 bits per heavy atom. The van der Waals surface area contributed by atoms with Gasteiger partial charge < -0.3 is 0 Å². The average Bonchev–Trinajstić information content (AvgIpc) is 2.85. The highest BCUT2D eigenvalue weighted by molar-refractivity contribution is 5.92. The molecule has 4 aliphatic carbocycles. The van der Waals surface area contributed by atoms with Gasteiger partial charge in [0.05, 0.1) is 0 Å². The monoisotopic (exact) mass is 324 g/mol. The number of carbonyl (C=O) groups excluding carboxylic acids is 2. The van der Waals surface area contributed by atoms with Crippen LogP contribution in [0.5, 0.6) is 0 Å². The van der Waals surface area contributed by atoms with E-state index in [0.717, 1.165) is 44.9 Å². The summed E-state index contributed by atoms with van der Waals surface area (Å²) in [6.45, 7) is 4.60. The zero-order chi connectivity index (χ0) is 17.1. The second-order valence-corrected chi connectivity index (χ2v) is 9.12. The summed E-state index contributed by atoms with van der Waals surface area (Å²) in [4.78, 5) is 24.6. The van der Waals surface area contributed by atoms with Crippen molar-refractivity contribution in [2.75, 3.05) is 0 Å². The van der Waals surface area contributed by atoms with E-state index in [4.69, 9.17) is 6.42 Å². The lowest BCUT2D eigenvalue weighted by atomic mass is 9.45. The Labute approximate surface area is 145 Å². The summed E-state index contributed by atoms with van der Waals surface area (Å²) in [5.74, 6) is 5.71. The van der Waals surface area contributed by atoms with Gasteiger partial charge >= 0.3 is 0 Å². The highest BCUT2D eigenvalue weighted by atomic mass is 16.1.